The Morgan fingerprint density at radius 1 is 1.23 bits per heavy atom. The molecular weight excluding hydrogens is 372 g/mol. The molecule has 0 fully saturated rings. The molecule has 0 saturated carbocycles. The Labute approximate surface area is 161 Å². The van der Waals surface area contributed by atoms with Gasteiger partial charge < -0.3 is 9.84 Å². The summed E-state index contributed by atoms with van der Waals surface area (Å²) in [6, 6.07) is 9.49. The number of hydrogen-bond acceptors (Lipinski definition) is 6. The van der Waals surface area contributed by atoms with Crippen molar-refractivity contribution in [1.82, 2.24) is 19.6 Å². The molecule has 2 aromatic heterocycles. The van der Waals surface area contributed by atoms with Crippen molar-refractivity contribution in [1.29, 1.82) is 0 Å². The van der Waals surface area contributed by atoms with Gasteiger partial charge >= 0.3 is 0 Å². The van der Waals surface area contributed by atoms with Crippen LogP contribution in [0, 0.1) is 13.8 Å². The van der Waals surface area contributed by atoms with Crippen LogP contribution in [0.4, 0.5) is 0 Å². The van der Waals surface area contributed by atoms with Crippen molar-refractivity contribution in [3.63, 3.8) is 0 Å². The van der Waals surface area contributed by atoms with E-state index in [1.807, 2.05) is 55.5 Å². The molecule has 138 valence electrons. The fourth-order valence-corrected chi connectivity index (χ4v) is 3.61. The van der Waals surface area contributed by atoms with Crippen LogP contribution in [0.15, 0.2) is 35.5 Å². The van der Waals surface area contributed by atoms with Crippen LogP contribution < -0.4 is 0 Å². The maximum absolute atomic E-state index is 10.2. The molecule has 0 unspecified atom stereocenters. The Balaban J connectivity index is 1.54. The molecule has 0 bridgehead atoms. The van der Waals surface area contributed by atoms with Crippen molar-refractivity contribution in [3.05, 3.63) is 52.3 Å². The number of halogens is 1. The number of benzene rings is 1. The molecule has 0 aliphatic heterocycles. The topological polar surface area (TPSA) is 72.5 Å². The zero-order chi connectivity index (χ0) is 18.7. The molecule has 6 nitrogen and oxygen atoms in total. The predicted molar refractivity (Wildman–Crippen MR) is 103 cm³/mol. The number of fused-ring (bicyclic) bond motifs is 1. The molecule has 0 radical (unpaired) electrons. The van der Waals surface area contributed by atoms with Crippen LogP contribution in [0.3, 0.4) is 0 Å². The number of ether oxygens (including phenoxy) is 1. The Morgan fingerprint density at radius 3 is 2.69 bits per heavy atom. The minimum atomic E-state index is -0.610. The highest BCUT2D eigenvalue weighted by Crippen LogP contribution is 2.22. The lowest BCUT2D eigenvalue weighted by atomic mass is 10.1. The first kappa shape index (κ1) is 19.1. The van der Waals surface area contributed by atoms with E-state index in [2.05, 4.69) is 15.2 Å². The average molecular weight is 393 g/mol. The van der Waals surface area contributed by atoms with Gasteiger partial charge in [0, 0.05) is 22.2 Å². The van der Waals surface area contributed by atoms with E-state index in [0.29, 0.717) is 16.6 Å². The van der Waals surface area contributed by atoms with Crippen molar-refractivity contribution >= 4 is 29.1 Å². The van der Waals surface area contributed by atoms with Gasteiger partial charge in [-0.1, -0.05) is 35.5 Å². The van der Waals surface area contributed by atoms with Crippen LogP contribution in [0.5, 0.6) is 0 Å². The third-order valence-corrected chi connectivity index (χ3v) is 5.27. The van der Waals surface area contributed by atoms with E-state index >= 15 is 0 Å². The Kier molecular flexibility index (Phi) is 6.13. The smallest absolute Gasteiger partial charge is 0.256 e. The molecule has 8 heteroatoms. The summed E-state index contributed by atoms with van der Waals surface area (Å²) in [5, 5.41) is 19.9. The molecule has 0 saturated heterocycles. The minimum absolute atomic E-state index is 0.116. The van der Waals surface area contributed by atoms with Crippen LogP contribution in [0.1, 0.15) is 30.0 Å². The fraction of sp³-hybridized carbons (Fsp3) is 0.389. The molecule has 1 N–H and O–H groups in total. The van der Waals surface area contributed by atoms with Crippen LogP contribution in [0.25, 0.3) is 5.78 Å². The maximum atomic E-state index is 10.2. The summed E-state index contributed by atoms with van der Waals surface area (Å²) < 4.78 is 7.66. The van der Waals surface area contributed by atoms with Gasteiger partial charge in [-0.15, -0.1) is 10.2 Å². The highest BCUT2D eigenvalue weighted by molar-refractivity contribution is 7.99. The second kappa shape index (κ2) is 8.35. The van der Waals surface area contributed by atoms with Gasteiger partial charge in [0.2, 0.25) is 0 Å². The number of aryl methyl sites for hydroxylation is 2. The average Bonchev–Trinajstić information content (AvgIpc) is 3.01. The van der Waals surface area contributed by atoms with Crippen molar-refractivity contribution in [2.75, 3.05) is 12.4 Å². The minimum Gasteiger partial charge on any atom is -0.390 e. The van der Waals surface area contributed by atoms with Gasteiger partial charge in [0.25, 0.3) is 5.78 Å². The normalized spacial score (nSPS) is 13.9. The van der Waals surface area contributed by atoms with Crippen molar-refractivity contribution < 1.29 is 9.84 Å². The molecular formula is C18H21ClN4O2S. The monoisotopic (exact) mass is 392 g/mol. The second-order valence-electron chi connectivity index (χ2n) is 6.15. The van der Waals surface area contributed by atoms with Gasteiger partial charge in [-0.2, -0.15) is 0 Å². The third-order valence-electron chi connectivity index (χ3n) is 3.95. The van der Waals surface area contributed by atoms with Crippen LogP contribution in [-0.2, 0) is 4.74 Å². The Hall–Kier alpha value is -1.67. The number of aromatic nitrogens is 4. The zero-order valence-electron chi connectivity index (χ0n) is 14.9. The lowest BCUT2D eigenvalue weighted by Gasteiger charge is -2.16. The first-order chi connectivity index (χ1) is 12.4. The van der Waals surface area contributed by atoms with E-state index < -0.39 is 6.10 Å². The zero-order valence-corrected chi connectivity index (χ0v) is 16.5. The lowest BCUT2D eigenvalue weighted by molar-refractivity contribution is 0.00621. The summed E-state index contributed by atoms with van der Waals surface area (Å²) in [4.78, 5) is 4.36. The SMILES string of the molecule is Cc1cc(C)n2c(SC[C@H](O)CO[C@@H](C)c3ccc(Cl)cc3)nnc2n1. The van der Waals surface area contributed by atoms with Crippen molar-refractivity contribution in [2.45, 2.75) is 38.1 Å². The highest BCUT2D eigenvalue weighted by Gasteiger charge is 2.14. The molecule has 2 atom stereocenters. The fourth-order valence-electron chi connectivity index (χ4n) is 2.60. The molecule has 0 spiro atoms. The van der Waals surface area contributed by atoms with E-state index in [-0.39, 0.29) is 12.7 Å². The predicted octanol–water partition coefficient (Wildman–Crippen LogP) is 3.63. The summed E-state index contributed by atoms with van der Waals surface area (Å²) in [7, 11) is 0. The van der Waals surface area contributed by atoms with Gasteiger partial charge in [0.15, 0.2) is 5.16 Å². The maximum Gasteiger partial charge on any atom is 0.256 e. The third kappa shape index (κ3) is 4.54. The summed E-state index contributed by atoms with van der Waals surface area (Å²) in [5.41, 5.74) is 2.94. The van der Waals surface area contributed by atoms with E-state index in [4.69, 9.17) is 16.3 Å². The Morgan fingerprint density at radius 2 is 1.96 bits per heavy atom. The van der Waals surface area contributed by atoms with Crippen molar-refractivity contribution in [3.8, 4) is 0 Å². The van der Waals surface area contributed by atoms with E-state index in [9.17, 15) is 5.11 Å². The van der Waals surface area contributed by atoms with Gasteiger partial charge in [-0.05, 0) is 44.5 Å². The van der Waals surface area contributed by atoms with Crippen LogP contribution >= 0.6 is 23.4 Å². The number of nitrogens with zero attached hydrogens (tertiary/aromatic N) is 4. The molecule has 0 amide bonds. The first-order valence-corrected chi connectivity index (χ1v) is 9.67. The van der Waals surface area contributed by atoms with E-state index in [1.165, 1.54) is 11.8 Å². The molecule has 3 rings (SSSR count). The largest absolute Gasteiger partial charge is 0.390 e. The molecule has 0 aliphatic rings. The van der Waals surface area contributed by atoms with Gasteiger partial charge in [0.1, 0.15) is 0 Å². The standard InChI is InChI=1S/C18H21ClN4O2S/c1-11-8-12(2)23-17(20-11)21-22-18(23)26-10-16(24)9-25-13(3)14-4-6-15(19)7-5-14/h4-8,13,16,24H,9-10H2,1-3H3/t13-,16+/m0/s1. The summed E-state index contributed by atoms with van der Waals surface area (Å²) in [6.07, 6.45) is -0.726. The molecule has 1 aromatic carbocycles. The second-order valence-corrected chi connectivity index (χ2v) is 7.57. The number of aliphatic hydroxyl groups excluding tert-OH is 1. The quantitative estimate of drug-likeness (QED) is 0.619. The Bertz CT molecular complexity index is 885. The summed E-state index contributed by atoms with van der Waals surface area (Å²) in [6.45, 7) is 6.11. The van der Waals surface area contributed by atoms with Gasteiger partial charge in [-0.3, -0.25) is 4.40 Å². The molecule has 0 aliphatic carbocycles. The van der Waals surface area contributed by atoms with Crippen LogP contribution in [0.2, 0.25) is 5.02 Å². The van der Waals surface area contributed by atoms with Crippen molar-refractivity contribution in [2.24, 2.45) is 0 Å². The first-order valence-electron chi connectivity index (χ1n) is 8.31. The lowest BCUT2D eigenvalue weighted by Crippen LogP contribution is -2.19. The number of hydrogen-bond donors (Lipinski definition) is 1. The van der Waals surface area contributed by atoms with Gasteiger partial charge in [-0.25, -0.2) is 4.98 Å². The van der Waals surface area contributed by atoms with Gasteiger partial charge in [0.05, 0.1) is 18.8 Å². The summed E-state index contributed by atoms with van der Waals surface area (Å²) >= 11 is 7.33. The van der Waals surface area contributed by atoms with Crippen LogP contribution in [-0.4, -0.2) is 43.2 Å². The number of thioether (sulfide) groups is 1. The number of rotatable bonds is 7. The molecule has 2 heterocycles. The molecule has 26 heavy (non-hydrogen) atoms. The summed E-state index contributed by atoms with van der Waals surface area (Å²) in [5.74, 6) is 1.04. The highest BCUT2D eigenvalue weighted by atomic mass is 35.5. The van der Waals surface area contributed by atoms with E-state index in [1.54, 1.807) is 0 Å². The van der Waals surface area contributed by atoms with E-state index in [0.717, 1.165) is 22.1 Å². The molecule has 3 aromatic rings. The number of aliphatic hydroxyl groups is 1.